The van der Waals surface area contributed by atoms with Crippen molar-refractivity contribution in [3.8, 4) is 0 Å². The van der Waals surface area contributed by atoms with Crippen LogP contribution >= 0.6 is 0 Å². The van der Waals surface area contributed by atoms with Crippen LogP contribution in [0.2, 0.25) is 0 Å². The molecule has 1 fully saturated rings. The SMILES string of the molecule is O=C(CN1CCc2ccccc21)Nc1cccc(C(=O)N2CCCCC2)c1. The number of nitrogens with one attached hydrogen (secondary N) is 1. The van der Waals surface area contributed by atoms with Crippen LogP contribution in [0.1, 0.15) is 35.2 Å². The third kappa shape index (κ3) is 3.97. The van der Waals surface area contributed by atoms with Crippen molar-refractivity contribution < 1.29 is 9.59 Å². The van der Waals surface area contributed by atoms with Gasteiger partial charge in [0.1, 0.15) is 0 Å². The lowest BCUT2D eigenvalue weighted by atomic mass is 10.1. The molecule has 140 valence electrons. The van der Waals surface area contributed by atoms with Crippen molar-refractivity contribution >= 4 is 23.2 Å². The molecule has 2 aliphatic heterocycles. The maximum absolute atomic E-state index is 12.7. The van der Waals surface area contributed by atoms with Crippen LogP contribution in [0.5, 0.6) is 0 Å². The number of rotatable bonds is 4. The lowest BCUT2D eigenvalue weighted by Crippen LogP contribution is -2.35. The van der Waals surface area contributed by atoms with Gasteiger partial charge in [-0.3, -0.25) is 9.59 Å². The number of amides is 2. The number of para-hydroxylation sites is 1. The molecule has 0 bridgehead atoms. The summed E-state index contributed by atoms with van der Waals surface area (Å²) in [4.78, 5) is 29.2. The van der Waals surface area contributed by atoms with Gasteiger partial charge in [0, 0.05) is 36.6 Å². The minimum atomic E-state index is -0.0609. The molecule has 0 unspecified atom stereocenters. The van der Waals surface area contributed by atoms with Crippen molar-refractivity contribution in [3.63, 3.8) is 0 Å². The highest BCUT2D eigenvalue weighted by atomic mass is 16.2. The Morgan fingerprint density at radius 1 is 0.926 bits per heavy atom. The fraction of sp³-hybridized carbons (Fsp3) is 0.364. The van der Waals surface area contributed by atoms with E-state index in [-0.39, 0.29) is 11.8 Å². The molecule has 0 aliphatic carbocycles. The number of nitrogens with zero attached hydrogens (tertiary/aromatic N) is 2. The maximum atomic E-state index is 12.7. The molecule has 2 heterocycles. The van der Waals surface area contributed by atoms with Gasteiger partial charge in [0.15, 0.2) is 0 Å². The Bertz CT molecular complexity index is 843. The van der Waals surface area contributed by atoms with Crippen LogP contribution in [-0.4, -0.2) is 42.9 Å². The van der Waals surface area contributed by atoms with Gasteiger partial charge in [-0.15, -0.1) is 0 Å². The molecular formula is C22H25N3O2. The molecule has 0 saturated carbocycles. The minimum Gasteiger partial charge on any atom is -0.362 e. The molecule has 2 aromatic carbocycles. The van der Waals surface area contributed by atoms with E-state index in [1.165, 1.54) is 12.0 Å². The lowest BCUT2D eigenvalue weighted by Gasteiger charge is -2.26. The first-order valence-corrected chi connectivity index (χ1v) is 9.73. The van der Waals surface area contributed by atoms with E-state index in [4.69, 9.17) is 0 Å². The quantitative estimate of drug-likeness (QED) is 0.907. The summed E-state index contributed by atoms with van der Waals surface area (Å²) in [5, 5.41) is 2.95. The monoisotopic (exact) mass is 363 g/mol. The van der Waals surface area contributed by atoms with Gasteiger partial charge in [-0.05, 0) is 55.5 Å². The molecular weight excluding hydrogens is 338 g/mol. The zero-order valence-electron chi connectivity index (χ0n) is 15.5. The molecule has 2 aromatic rings. The molecule has 0 radical (unpaired) electrons. The van der Waals surface area contributed by atoms with Gasteiger partial charge < -0.3 is 15.1 Å². The maximum Gasteiger partial charge on any atom is 0.253 e. The zero-order chi connectivity index (χ0) is 18.6. The number of fused-ring (bicyclic) bond motifs is 1. The molecule has 5 nitrogen and oxygen atoms in total. The molecule has 4 rings (SSSR count). The summed E-state index contributed by atoms with van der Waals surface area (Å²) >= 11 is 0. The van der Waals surface area contributed by atoms with E-state index in [0.717, 1.165) is 44.6 Å². The van der Waals surface area contributed by atoms with E-state index < -0.39 is 0 Å². The third-order valence-corrected chi connectivity index (χ3v) is 5.35. The van der Waals surface area contributed by atoms with Crippen molar-refractivity contribution in [2.24, 2.45) is 0 Å². The largest absolute Gasteiger partial charge is 0.362 e. The molecule has 2 amide bonds. The van der Waals surface area contributed by atoms with Crippen LogP contribution in [-0.2, 0) is 11.2 Å². The number of anilines is 2. The van der Waals surface area contributed by atoms with Gasteiger partial charge in [0.2, 0.25) is 5.91 Å². The highest BCUT2D eigenvalue weighted by molar-refractivity contribution is 5.98. The average Bonchev–Trinajstić information content (AvgIpc) is 3.11. The van der Waals surface area contributed by atoms with Crippen molar-refractivity contribution in [1.29, 1.82) is 0 Å². The second-order valence-corrected chi connectivity index (χ2v) is 7.28. The van der Waals surface area contributed by atoms with E-state index in [2.05, 4.69) is 22.3 Å². The first-order valence-electron chi connectivity index (χ1n) is 9.73. The minimum absolute atomic E-state index is 0.0549. The van der Waals surface area contributed by atoms with Gasteiger partial charge in [-0.25, -0.2) is 0 Å². The second kappa shape index (κ2) is 7.82. The Balaban J connectivity index is 1.39. The topological polar surface area (TPSA) is 52.7 Å². The number of piperidine rings is 1. The standard InChI is InChI=1S/C22H25N3O2/c26-21(16-25-14-11-17-7-2-3-10-20(17)25)23-19-9-6-8-18(15-19)22(27)24-12-4-1-5-13-24/h2-3,6-10,15H,1,4-5,11-14,16H2,(H,23,26). The van der Waals surface area contributed by atoms with Gasteiger partial charge in [0.25, 0.3) is 5.91 Å². The fourth-order valence-corrected chi connectivity index (χ4v) is 3.95. The zero-order valence-corrected chi connectivity index (χ0v) is 15.5. The normalized spacial score (nSPS) is 16.1. The van der Waals surface area contributed by atoms with Crippen LogP contribution in [0.15, 0.2) is 48.5 Å². The number of hydrogen-bond acceptors (Lipinski definition) is 3. The Labute approximate surface area is 160 Å². The summed E-state index contributed by atoms with van der Waals surface area (Å²) in [7, 11) is 0. The first-order chi connectivity index (χ1) is 13.2. The highest BCUT2D eigenvalue weighted by Gasteiger charge is 2.21. The van der Waals surface area contributed by atoms with Gasteiger partial charge in [0.05, 0.1) is 6.54 Å². The molecule has 0 spiro atoms. The summed E-state index contributed by atoms with van der Waals surface area (Å²) in [5.74, 6) is -0.00598. The number of carbonyl (C=O) groups is 2. The van der Waals surface area contributed by atoms with Crippen LogP contribution in [0.25, 0.3) is 0 Å². The molecule has 1 N–H and O–H groups in total. The predicted molar refractivity (Wildman–Crippen MR) is 107 cm³/mol. The van der Waals surface area contributed by atoms with Crippen molar-refractivity contribution in [2.75, 3.05) is 36.4 Å². The van der Waals surface area contributed by atoms with E-state index in [1.807, 2.05) is 35.2 Å². The molecule has 5 heteroatoms. The Morgan fingerprint density at radius 3 is 2.59 bits per heavy atom. The van der Waals surface area contributed by atoms with Crippen LogP contribution < -0.4 is 10.2 Å². The number of likely N-dealkylation sites (tertiary alicyclic amines) is 1. The Kier molecular flexibility index (Phi) is 5.10. The van der Waals surface area contributed by atoms with E-state index in [0.29, 0.717) is 17.8 Å². The Hall–Kier alpha value is -2.82. The van der Waals surface area contributed by atoms with E-state index in [1.54, 1.807) is 6.07 Å². The number of carbonyl (C=O) groups excluding carboxylic acids is 2. The smallest absolute Gasteiger partial charge is 0.253 e. The van der Waals surface area contributed by atoms with Crippen LogP contribution in [0, 0.1) is 0 Å². The van der Waals surface area contributed by atoms with Crippen molar-refractivity contribution in [3.05, 3.63) is 59.7 Å². The predicted octanol–water partition coefficient (Wildman–Crippen LogP) is 3.31. The number of benzene rings is 2. The summed E-state index contributed by atoms with van der Waals surface area (Å²) < 4.78 is 0. The molecule has 1 saturated heterocycles. The fourth-order valence-electron chi connectivity index (χ4n) is 3.95. The van der Waals surface area contributed by atoms with Crippen molar-refractivity contribution in [1.82, 2.24) is 4.90 Å². The van der Waals surface area contributed by atoms with Crippen LogP contribution in [0.4, 0.5) is 11.4 Å². The first kappa shape index (κ1) is 17.6. The van der Waals surface area contributed by atoms with E-state index >= 15 is 0 Å². The Morgan fingerprint density at radius 2 is 1.74 bits per heavy atom. The van der Waals surface area contributed by atoms with Gasteiger partial charge in [-0.1, -0.05) is 24.3 Å². The summed E-state index contributed by atoms with van der Waals surface area (Å²) in [6, 6.07) is 15.5. The highest BCUT2D eigenvalue weighted by Crippen LogP contribution is 2.27. The number of hydrogen-bond donors (Lipinski definition) is 1. The molecule has 2 aliphatic rings. The molecule has 0 aromatic heterocycles. The van der Waals surface area contributed by atoms with E-state index in [9.17, 15) is 9.59 Å². The van der Waals surface area contributed by atoms with Crippen molar-refractivity contribution in [2.45, 2.75) is 25.7 Å². The van der Waals surface area contributed by atoms with Gasteiger partial charge >= 0.3 is 0 Å². The summed E-state index contributed by atoms with van der Waals surface area (Å²) in [6.45, 7) is 2.83. The third-order valence-electron chi connectivity index (χ3n) is 5.35. The molecule has 27 heavy (non-hydrogen) atoms. The summed E-state index contributed by atoms with van der Waals surface area (Å²) in [6.07, 6.45) is 4.31. The summed E-state index contributed by atoms with van der Waals surface area (Å²) in [5.41, 5.74) is 3.75. The average molecular weight is 363 g/mol. The van der Waals surface area contributed by atoms with Gasteiger partial charge in [-0.2, -0.15) is 0 Å². The lowest BCUT2D eigenvalue weighted by molar-refractivity contribution is -0.115. The molecule has 0 atom stereocenters. The second-order valence-electron chi connectivity index (χ2n) is 7.28. The van der Waals surface area contributed by atoms with Crippen LogP contribution in [0.3, 0.4) is 0 Å².